The van der Waals surface area contributed by atoms with Gasteiger partial charge in [0.05, 0.1) is 10.0 Å². The standard InChI is InChI=1S/C13H8BrFO3/c14-11-7-8(13(16)17)1-6-12(11)18-10-4-2-9(15)3-5-10/h1-7H,(H,16,17). The van der Waals surface area contributed by atoms with Crippen LogP contribution in [0.3, 0.4) is 0 Å². The summed E-state index contributed by atoms with van der Waals surface area (Å²) in [6.45, 7) is 0. The Balaban J connectivity index is 2.24. The van der Waals surface area contributed by atoms with Crippen molar-refractivity contribution < 1.29 is 19.0 Å². The summed E-state index contributed by atoms with van der Waals surface area (Å²) in [5.41, 5.74) is 0.160. The van der Waals surface area contributed by atoms with Gasteiger partial charge in [0.1, 0.15) is 17.3 Å². The van der Waals surface area contributed by atoms with Gasteiger partial charge in [-0.15, -0.1) is 0 Å². The van der Waals surface area contributed by atoms with Gasteiger partial charge < -0.3 is 9.84 Å². The zero-order valence-electron chi connectivity index (χ0n) is 9.06. The topological polar surface area (TPSA) is 46.5 Å². The third kappa shape index (κ3) is 2.87. The van der Waals surface area contributed by atoms with Crippen LogP contribution in [0.1, 0.15) is 10.4 Å². The molecule has 1 N–H and O–H groups in total. The third-order valence-electron chi connectivity index (χ3n) is 2.22. The van der Waals surface area contributed by atoms with Crippen molar-refractivity contribution in [1.29, 1.82) is 0 Å². The van der Waals surface area contributed by atoms with Crippen LogP contribution >= 0.6 is 15.9 Å². The average molecular weight is 311 g/mol. The minimum Gasteiger partial charge on any atom is -0.478 e. The Labute approximate surface area is 111 Å². The number of ether oxygens (including phenoxy) is 1. The molecule has 2 aromatic rings. The van der Waals surface area contributed by atoms with Crippen molar-refractivity contribution in [3.8, 4) is 11.5 Å². The Kier molecular flexibility index (Phi) is 3.62. The van der Waals surface area contributed by atoms with Crippen molar-refractivity contribution in [2.45, 2.75) is 0 Å². The smallest absolute Gasteiger partial charge is 0.335 e. The first-order chi connectivity index (χ1) is 8.56. The van der Waals surface area contributed by atoms with Crippen molar-refractivity contribution in [1.82, 2.24) is 0 Å². The highest BCUT2D eigenvalue weighted by Gasteiger charge is 2.08. The van der Waals surface area contributed by atoms with E-state index in [1.54, 1.807) is 0 Å². The fraction of sp³-hybridized carbons (Fsp3) is 0. The van der Waals surface area contributed by atoms with Gasteiger partial charge in [-0.3, -0.25) is 0 Å². The molecule has 2 aromatic carbocycles. The molecule has 5 heteroatoms. The van der Waals surface area contributed by atoms with Crippen molar-refractivity contribution >= 4 is 21.9 Å². The second-order valence-electron chi connectivity index (χ2n) is 3.51. The maximum Gasteiger partial charge on any atom is 0.335 e. The summed E-state index contributed by atoms with van der Waals surface area (Å²) < 4.78 is 18.7. The number of hydrogen-bond donors (Lipinski definition) is 1. The highest BCUT2D eigenvalue weighted by atomic mass is 79.9. The first-order valence-corrected chi connectivity index (χ1v) is 5.82. The van der Waals surface area contributed by atoms with Crippen molar-refractivity contribution in [3.63, 3.8) is 0 Å². The molecule has 0 amide bonds. The first-order valence-electron chi connectivity index (χ1n) is 5.02. The summed E-state index contributed by atoms with van der Waals surface area (Å²) in [5.74, 6) is -0.418. The first kappa shape index (κ1) is 12.6. The molecule has 0 fully saturated rings. The summed E-state index contributed by atoms with van der Waals surface area (Å²) in [4.78, 5) is 10.8. The summed E-state index contributed by atoms with van der Waals surface area (Å²) in [6, 6.07) is 9.98. The third-order valence-corrected chi connectivity index (χ3v) is 2.84. The Morgan fingerprint density at radius 2 is 1.83 bits per heavy atom. The molecule has 18 heavy (non-hydrogen) atoms. The molecule has 92 valence electrons. The molecule has 0 bridgehead atoms. The lowest BCUT2D eigenvalue weighted by atomic mass is 10.2. The quantitative estimate of drug-likeness (QED) is 0.929. The van der Waals surface area contributed by atoms with Crippen LogP contribution in [0, 0.1) is 5.82 Å². The van der Waals surface area contributed by atoms with E-state index in [9.17, 15) is 9.18 Å². The van der Waals surface area contributed by atoms with Gasteiger partial charge in [0.2, 0.25) is 0 Å². The monoisotopic (exact) mass is 310 g/mol. The van der Waals surface area contributed by atoms with Crippen LogP contribution in [-0.4, -0.2) is 11.1 Å². The van der Waals surface area contributed by atoms with E-state index in [-0.39, 0.29) is 11.4 Å². The van der Waals surface area contributed by atoms with E-state index < -0.39 is 5.97 Å². The number of carboxylic acids is 1. The average Bonchev–Trinajstić information content (AvgIpc) is 2.34. The normalized spacial score (nSPS) is 10.1. The van der Waals surface area contributed by atoms with Crippen molar-refractivity contribution in [3.05, 3.63) is 58.3 Å². The minimum absolute atomic E-state index is 0.160. The number of benzene rings is 2. The predicted octanol–water partition coefficient (Wildman–Crippen LogP) is 4.08. The molecule has 0 unspecified atom stereocenters. The maximum atomic E-state index is 12.7. The zero-order chi connectivity index (χ0) is 13.1. The summed E-state index contributed by atoms with van der Waals surface area (Å²) in [7, 11) is 0. The summed E-state index contributed by atoms with van der Waals surface area (Å²) in [5, 5.41) is 8.82. The molecular weight excluding hydrogens is 303 g/mol. The lowest BCUT2D eigenvalue weighted by Crippen LogP contribution is -1.96. The van der Waals surface area contributed by atoms with Crippen LogP contribution in [0.5, 0.6) is 11.5 Å². The fourth-order valence-corrected chi connectivity index (χ4v) is 1.81. The SMILES string of the molecule is O=C(O)c1ccc(Oc2ccc(F)cc2)c(Br)c1. The van der Waals surface area contributed by atoms with E-state index in [1.807, 2.05) is 0 Å². The molecule has 0 saturated heterocycles. The number of carboxylic acid groups (broad SMARTS) is 1. The van der Waals surface area contributed by atoms with E-state index in [4.69, 9.17) is 9.84 Å². The number of halogens is 2. The van der Waals surface area contributed by atoms with Gasteiger partial charge in [-0.25, -0.2) is 9.18 Å². The van der Waals surface area contributed by atoms with Crippen LogP contribution in [-0.2, 0) is 0 Å². The Morgan fingerprint density at radius 1 is 1.17 bits per heavy atom. The predicted molar refractivity (Wildman–Crippen MR) is 67.6 cm³/mol. The van der Waals surface area contributed by atoms with Gasteiger partial charge in [0.25, 0.3) is 0 Å². The lowest BCUT2D eigenvalue weighted by molar-refractivity contribution is 0.0697. The van der Waals surface area contributed by atoms with Gasteiger partial charge in [0.15, 0.2) is 0 Å². The Hall–Kier alpha value is -1.88. The van der Waals surface area contributed by atoms with E-state index in [2.05, 4.69) is 15.9 Å². The number of rotatable bonds is 3. The molecule has 0 atom stereocenters. The van der Waals surface area contributed by atoms with Gasteiger partial charge in [-0.05, 0) is 58.4 Å². The van der Waals surface area contributed by atoms with E-state index in [0.29, 0.717) is 16.0 Å². The largest absolute Gasteiger partial charge is 0.478 e. The van der Waals surface area contributed by atoms with Gasteiger partial charge in [0, 0.05) is 0 Å². The molecule has 0 heterocycles. The fourth-order valence-electron chi connectivity index (χ4n) is 1.35. The molecule has 0 aliphatic heterocycles. The van der Waals surface area contributed by atoms with Crippen LogP contribution in [0.2, 0.25) is 0 Å². The van der Waals surface area contributed by atoms with Crippen LogP contribution in [0.25, 0.3) is 0 Å². The van der Waals surface area contributed by atoms with Gasteiger partial charge in [-0.2, -0.15) is 0 Å². The zero-order valence-corrected chi connectivity index (χ0v) is 10.6. The number of aromatic carboxylic acids is 1. The van der Waals surface area contributed by atoms with Crippen molar-refractivity contribution in [2.75, 3.05) is 0 Å². The Bertz CT molecular complexity index is 581. The highest BCUT2D eigenvalue weighted by Crippen LogP contribution is 2.30. The number of hydrogen-bond acceptors (Lipinski definition) is 2. The van der Waals surface area contributed by atoms with E-state index >= 15 is 0 Å². The molecule has 3 nitrogen and oxygen atoms in total. The molecule has 0 radical (unpaired) electrons. The van der Waals surface area contributed by atoms with Crippen LogP contribution in [0.15, 0.2) is 46.9 Å². The maximum absolute atomic E-state index is 12.7. The summed E-state index contributed by atoms with van der Waals surface area (Å²) >= 11 is 3.22. The highest BCUT2D eigenvalue weighted by molar-refractivity contribution is 9.10. The molecular formula is C13H8BrFO3. The second-order valence-corrected chi connectivity index (χ2v) is 4.36. The molecule has 0 saturated carbocycles. The van der Waals surface area contributed by atoms with Gasteiger partial charge >= 0.3 is 5.97 Å². The molecule has 0 aliphatic rings. The van der Waals surface area contributed by atoms with Crippen molar-refractivity contribution in [2.24, 2.45) is 0 Å². The molecule has 0 aromatic heterocycles. The van der Waals surface area contributed by atoms with E-state index in [0.717, 1.165) is 0 Å². The van der Waals surface area contributed by atoms with Gasteiger partial charge in [-0.1, -0.05) is 0 Å². The van der Waals surface area contributed by atoms with Crippen LogP contribution < -0.4 is 4.74 Å². The van der Waals surface area contributed by atoms with Crippen LogP contribution in [0.4, 0.5) is 4.39 Å². The molecule has 0 spiro atoms. The lowest BCUT2D eigenvalue weighted by Gasteiger charge is -2.08. The second kappa shape index (κ2) is 5.18. The molecule has 2 rings (SSSR count). The minimum atomic E-state index is -1.01. The number of carbonyl (C=O) groups is 1. The van der Waals surface area contributed by atoms with E-state index in [1.165, 1.54) is 42.5 Å². The summed E-state index contributed by atoms with van der Waals surface area (Å²) in [6.07, 6.45) is 0. The molecule has 0 aliphatic carbocycles. The Morgan fingerprint density at radius 3 is 2.39 bits per heavy atom.